The van der Waals surface area contributed by atoms with Crippen LogP contribution in [0.3, 0.4) is 0 Å². The second-order valence-electron chi connectivity index (χ2n) is 8.93. The van der Waals surface area contributed by atoms with Crippen LogP contribution in [-0.2, 0) is 23.9 Å². The minimum Gasteiger partial charge on any atom is -0.475 e. The lowest BCUT2D eigenvalue weighted by molar-refractivity contribution is -0.193. The van der Waals surface area contributed by atoms with Gasteiger partial charge in [-0.2, -0.15) is 26.3 Å². The van der Waals surface area contributed by atoms with Crippen LogP contribution in [0.1, 0.15) is 25.7 Å². The molecule has 39 heavy (non-hydrogen) atoms. The SMILES string of the molecule is O=C(Nc1cccnc1)[C@@H]1CCO[C@@H]2CCN(C3CCOCC3)C[C@H]21.O=C(O)C(F)(F)F.O=C(O)C(F)(F)F. The topological polar surface area (TPSA) is 138 Å². The number of carboxylic acids is 2. The first-order chi connectivity index (χ1) is 18.2. The average molecular weight is 573 g/mol. The van der Waals surface area contributed by atoms with Crippen LogP contribution in [-0.4, -0.2) is 95.4 Å². The summed E-state index contributed by atoms with van der Waals surface area (Å²) in [6.07, 6.45) is -2.50. The fraction of sp³-hybridized carbons (Fsp3) is 0.652. The molecule has 4 rings (SSSR count). The molecule has 0 aromatic carbocycles. The number of hydrogen-bond acceptors (Lipinski definition) is 7. The molecule has 3 fully saturated rings. The molecule has 3 saturated heterocycles. The molecule has 1 amide bonds. The number of aliphatic carboxylic acids is 2. The molecule has 3 aliphatic rings. The van der Waals surface area contributed by atoms with E-state index >= 15 is 0 Å². The second-order valence-corrected chi connectivity index (χ2v) is 8.93. The van der Waals surface area contributed by atoms with Gasteiger partial charge in [0, 0.05) is 57.0 Å². The third kappa shape index (κ3) is 10.6. The Morgan fingerprint density at radius 1 is 0.949 bits per heavy atom. The molecule has 4 heterocycles. The maximum atomic E-state index is 12.9. The zero-order chi connectivity index (χ0) is 29.2. The molecule has 16 heteroatoms. The maximum absolute atomic E-state index is 12.9. The number of carbonyl (C=O) groups excluding carboxylic acids is 1. The summed E-state index contributed by atoms with van der Waals surface area (Å²) in [5.74, 6) is -5.11. The first-order valence-corrected chi connectivity index (χ1v) is 11.9. The van der Waals surface area contributed by atoms with Gasteiger partial charge in [-0.25, -0.2) is 9.59 Å². The van der Waals surface area contributed by atoms with Crippen molar-refractivity contribution in [3.05, 3.63) is 24.5 Å². The van der Waals surface area contributed by atoms with Crippen molar-refractivity contribution in [2.45, 2.75) is 50.2 Å². The summed E-state index contributed by atoms with van der Waals surface area (Å²) < 4.78 is 75.0. The van der Waals surface area contributed by atoms with E-state index in [9.17, 15) is 31.1 Å². The fourth-order valence-electron chi connectivity index (χ4n) is 4.52. The summed E-state index contributed by atoms with van der Waals surface area (Å²) in [5, 5.41) is 17.3. The molecule has 0 aliphatic carbocycles. The maximum Gasteiger partial charge on any atom is 0.490 e. The summed E-state index contributed by atoms with van der Waals surface area (Å²) in [4.78, 5) is 37.3. The molecule has 3 aliphatic heterocycles. The number of fused-ring (bicyclic) bond motifs is 1. The number of nitrogens with zero attached hydrogens (tertiary/aromatic N) is 2. The highest BCUT2D eigenvalue weighted by Crippen LogP contribution is 2.35. The van der Waals surface area contributed by atoms with E-state index in [1.54, 1.807) is 12.4 Å². The Bertz CT molecular complexity index is 918. The van der Waals surface area contributed by atoms with Crippen molar-refractivity contribution in [1.29, 1.82) is 0 Å². The van der Waals surface area contributed by atoms with E-state index in [2.05, 4.69) is 15.2 Å². The number of carbonyl (C=O) groups is 3. The van der Waals surface area contributed by atoms with E-state index in [4.69, 9.17) is 29.3 Å². The fourth-order valence-corrected chi connectivity index (χ4v) is 4.52. The first kappa shape index (κ1) is 32.2. The number of nitrogens with one attached hydrogen (secondary N) is 1. The number of carboxylic acid groups (broad SMARTS) is 2. The van der Waals surface area contributed by atoms with Crippen LogP contribution in [0.2, 0.25) is 0 Å². The number of likely N-dealkylation sites (tertiary alicyclic amines) is 1. The molecule has 0 bridgehead atoms. The van der Waals surface area contributed by atoms with Crippen molar-refractivity contribution < 1.29 is 60.4 Å². The summed E-state index contributed by atoms with van der Waals surface area (Å²) in [5.41, 5.74) is 0.771. The van der Waals surface area contributed by atoms with Crippen molar-refractivity contribution in [2.75, 3.05) is 38.2 Å². The molecular weight excluding hydrogens is 544 g/mol. The predicted molar refractivity (Wildman–Crippen MR) is 122 cm³/mol. The quantitative estimate of drug-likeness (QED) is 0.466. The molecular formula is C23H29F6N3O7. The van der Waals surface area contributed by atoms with Gasteiger partial charge in [0.15, 0.2) is 0 Å². The highest BCUT2D eigenvalue weighted by molar-refractivity contribution is 5.92. The number of amides is 1. The Hall–Kier alpha value is -2.98. The molecule has 1 aromatic rings. The number of pyridine rings is 1. The first-order valence-electron chi connectivity index (χ1n) is 11.9. The average Bonchev–Trinajstić information content (AvgIpc) is 2.88. The Labute approximate surface area is 219 Å². The smallest absolute Gasteiger partial charge is 0.475 e. The van der Waals surface area contributed by atoms with Crippen LogP contribution in [0.15, 0.2) is 24.5 Å². The van der Waals surface area contributed by atoms with E-state index in [-0.39, 0.29) is 23.8 Å². The van der Waals surface area contributed by atoms with Crippen molar-refractivity contribution in [3.8, 4) is 0 Å². The zero-order valence-electron chi connectivity index (χ0n) is 20.6. The number of piperidine rings is 1. The lowest BCUT2D eigenvalue weighted by atomic mass is 9.78. The zero-order valence-corrected chi connectivity index (χ0v) is 20.6. The van der Waals surface area contributed by atoms with Crippen molar-refractivity contribution >= 4 is 23.5 Å². The minimum absolute atomic E-state index is 0.0154. The molecule has 0 saturated carbocycles. The summed E-state index contributed by atoms with van der Waals surface area (Å²) >= 11 is 0. The Morgan fingerprint density at radius 3 is 2.05 bits per heavy atom. The molecule has 10 nitrogen and oxygen atoms in total. The number of rotatable bonds is 3. The number of halogens is 6. The summed E-state index contributed by atoms with van der Waals surface area (Å²) in [7, 11) is 0. The van der Waals surface area contributed by atoms with Gasteiger partial charge in [0.05, 0.1) is 18.0 Å². The Morgan fingerprint density at radius 2 is 1.54 bits per heavy atom. The van der Waals surface area contributed by atoms with Gasteiger partial charge in [-0.3, -0.25) is 14.7 Å². The van der Waals surface area contributed by atoms with Crippen molar-refractivity contribution in [2.24, 2.45) is 11.8 Å². The van der Waals surface area contributed by atoms with Crippen molar-refractivity contribution in [1.82, 2.24) is 9.88 Å². The normalized spacial score (nSPS) is 24.1. The van der Waals surface area contributed by atoms with E-state index in [1.807, 2.05) is 12.1 Å². The summed E-state index contributed by atoms with van der Waals surface area (Å²) in [6, 6.07) is 4.32. The van der Waals surface area contributed by atoms with Crippen LogP contribution in [0.25, 0.3) is 0 Å². The second kappa shape index (κ2) is 14.4. The van der Waals surface area contributed by atoms with E-state index < -0.39 is 24.3 Å². The lowest BCUT2D eigenvalue weighted by Crippen LogP contribution is -2.55. The Kier molecular flexibility index (Phi) is 11.9. The number of anilines is 1. The lowest BCUT2D eigenvalue weighted by Gasteiger charge is -2.47. The largest absolute Gasteiger partial charge is 0.490 e. The van der Waals surface area contributed by atoms with Crippen molar-refractivity contribution in [3.63, 3.8) is 0 Å². The molecule has 0 unspecified atom stereocenters. The standard InChI is InChI=1S/C19H27N3O3.2C2HF3O2/c23-19(21-14-2-1-7-20-12-14)16-6-11-25-18-3-8-22(13-17(16)18)15-4-9-24-10-5-15;2*3-2(4,5)1(6)7/h1-2,7,12,15-18H,3-6,8-11,13H2,(H,21,23);2*(H,6,7)/t16-,17+,18-;;/m1../s1. The van der Waals surface area contributed by atoms with Crippen LogP contribution < -0.4 is 5.32 Å². The highest BCUT2D eigenvalue weighted by Gasteiger charge is 2.43. The monoisotopic (exact) mass is 573 g/mol. The number of alkyl halides is 6. The van der Waals surface area contributed by atoms with E-state index in [0.717, 1.165) is 57.7 Å². The molecule has 220 valence electrons. The van der Waals surface area contributed by atoms with E-state index in [0.29, 0.717) is 12.6 Å². The number of hydrogen-bond donors (Lipinski definition) is 3. The predicted octanol–water partition coefficient (Wildman–Crippen LogP) is 3.19. The minimum atomic E-state index is -5.08. The van der Waals surface area contributed by atoms with Gasteiger partial charge in [-0.05, 0) is 37.8 Å². The highest BCUT2D eigenvalue weighted by atomic mass is 19.4. The molecule has 1 aromatic heterocycles. The van der Waals surface area contributed by atoms with E-state index in [1.165, 1.54) is 0 Å². The van der Waals surface area contributed by atoms with Gasteiger partial charge in [-0.15, -0.1) is 0 Å². The van der Waals surface area contributed by atoms with Crippen LogP contribution in [0.5, 0.6) is 0 Å². The Balaban J connectivity index is 0.000000317. The summed E-state index contributed by atoms with van der Waals surface area (Å²) in [6.45, 7) is 4.43. The van der Waals surface area contributed by atoms with Gasteiger partial charge in [0.1, 0.15) is 0 Å². The van der Waals surface area contributed by atoms with Gasteiger partial charge in [-0.1, -0.05) is 0 Å². The van der Waals surface area contributed by atoms with Gasteiger partial charge in [0.25, 0.3) is 0 Å². The van der Waals surface area contributed by atoms with Gasteiger partial charge < -0.3 is 25.0 Å². The van der Waals surface area contributed by atoms with Crippen LogP contribution >= 0.6 is 0 Å². The van der Waals surface area contributed by atoms with Gasteiger partial charge in [0.2, 0.25) is 5.91 Å². The third-order valence-corrected chi connectivity index (χ3v) is 6.36. The molecule has 3 atom stereocenters. The van der Waals surface area contributed by atoms with Crippen LogP contribution in [0, 0.1) is 11.8 Å². The third-order valence-electron chi connectivity index (χ3n) is 6.36. The molecule has 0 radical (unpaired) electrons. The molecule has 3 N–H and O–H groups in total. The number of ether oxygens (including phenoxy) is 2. The van der Waals surface area contributed by atoms with Crippen LogP contribution in [0.4, 0.5) is 32.0 Å². The number of aromatic nitrogens is 1. The molecule has 0 spiro atoms. The van der Waals surface area contributed by atoms with Gasteiger partial charge >= 0.3 is 24.3 Å².